The third-order valence-corrected chi connectivity index (χ3v) is 1.17. The van der Waals surface area contributed by atoms with Crippen LogP contribution in [0, 0.1) is 5.92 Å². The topological polar surface area (TPSA) is 64.7 Å². The first-order valence-electron chi connectivity index (χ1n) is 3.60. The molecular formula is C7H14N2O2. The normalized spacial score (nSPS) is 10.9. The molecule has 0 atom stereocenters. The van der Waals surface area contributed by atoms with Crippen LogP contribution in [-0.4, -0.2) is 12.3 Å². The molecule has 0 aromatic carbocycles. The molecule has 0 spiro atoms. The zero-order valence-electron chi connectivity index (χ0n) is 6.91. The van der Waals surface area contributed by atoms with Gasteiger partial charge in [0.2, 0.25) is 0 Å². The molecule has 0 rings (SSSR count). The summed E-state index contributed by atoms with van der Waals surface area (Å²) in [6.45, 7) is 4.21. The number of rotatable bonds is 3. The van der Waals surface area contributed by atoms with Crippen molar-refractivity contribution in [2.24, 2.45) is 16.8 Å². The maximum Gasteiger partial charge on any atom is 0.451 e. The summed E-state index contributed by atoms with van der Waals surface area (Å²) in [6, 6.07) is 0. The second kappa shape index (κ2) is 5.85. The SMILES string of the molecule is CC(C)CC/C=N\C(=O)ON. The van der Waals surface area contributed by atoms with Crippen LogP contribution >= 0.6 is 0 Å². The van der Waals surface area contributed by atoms with Crippen LogP contribution in [0.3, 0.4) is 0 Å². The third kappa shape index (κ3) is 6.99. The maximum atomic E-state index is 10.3. The van der Waals surface area contributed by atoms with Crippen molar-refractivity contribution in [2.75, 3.05) is 0 Å². The fraction of sp³-hybridized carbons (Fsp3) is 0.714. The Morgan fingerprint density at radius 2 is 2.36 bits per heavy atom. The molecular weight excluding hydrogens is 144 g/mol. The van der Waals surface area contributed by atoms with E-state index in [4.69, 9.17) is 0 Å². The smallest absolute Gasteiger partial charge is 0.355 e. The lowest BCUT2D eigenvalue weighted by Crippen LogP contribution is -2.04. The summed E-state index contributed by atoms with van der Waals surface area (Å²) in [5, 5.41) is 0. The van der Waals surface area contributed by atoms with Crippen LogP contribution in [0.15, 0.2) is 4.99 Å². The fourth-order valence-corrected chi connectivity index (χ4v) is 0.577. The molecule has 0 saturated carbocycles. The van der Waals surface area contributed by atoms with Crippen molar-refractivity contribution in [2.45, 2.75) is 26.7 Å². The Morgan fingerprint density at radius 3 is 2.82 bits per heavy atom. The molecule has 0 unspecified atom stereocenters. The number of nitrogens with two attached hydrogens (primary N) is 1. The molecule has 0 aliphatic carbocycles. The van der Waals surface area contributed by atoms with E-state index in [0.29, 0.717) is 5.92 Å². The highest BCUT2D eigenvalue weighted by atomic mass is 16.7. The number of hydrogen-bond donors (Lipinski definition) is 1. The number of hydrogen-bond acceptors (Lipinski definition) is 3. The van der Waals surface area contributed by atoms with Crippen LogP contribution in [0.1, 0.15) is 26.7 Å². The quantitative estimate of drug-likeness (QED) is 0.500. The van der Waals surface area contributed by atoms with Crippen LogP contribution in [0.5, 0.6) is 0 Å². The van der Waals surface area contributed by atoms with Crippen LogP contribution < -0.4 is 5.90 Å². The lowest BCUT2D eigenvalue weighted by atomic mass is 10.1. The first-order valence-corrected chi connectivity index (χ1v) is 3.60. The van der Waals surface area contributed by atoms with E-state index >= 15 is 0 Å². The van der Waals surface area contributed by atoms with Gasteiger partial charge in [-0.1, -0.05) is 13.8 Å². The summed E-state index contributed by atoms with van der Waals surface area (Å²) in [5.41, 5.74) is 0. The minimum atomic E-state index is -0.742. The Kier molecular flexibility index (Phi) is 5.37. The van der Waals surface area contributed by atoms with Gasteiger partial charge in [-0.2, -0.15) is 10.9 Å². The molecule has 0 fully saturated rings. The lowest BCUT2D eigenvalue weighted by molar-refractivity contribution is 0.159. The molecule has 0 heterocycles. The molecule has 0 radical (unpaired) electrons. The lowest BCUT2D eigenvalue weighted by Gasteiger charge is -1.97. The van der Waals surface area contributed by atoms with Gasteiger partial charge in [0.1, 0.15) is 0 Å². The van der Waals surface area contributed by atoms with Gasteiger partial charge in [-0.25, -0.2) is 4.79 Å². The Bertz CT molecular complexity index is 143. The van der Waals surface area contributed by atoms with Gasteiger partial charge in [0.05, 0.1) is 0 Å². The molecule has 1 amide bonds. The van der Waals surface area contributed by atoms with Gasteiger partial charge in [0.15, 0.2) is 0 Å². The zero-order chi connectivity index (χ0) is 8.69. The van der Waals surface area contributed by atoms with E-state index in [1.165, 1.54) is 6.21 Å². The van der Waals surface area contributed by atoms with E-state index in [1.54, 1.807) is 0 Å². The summed E-state index contributed by atoms with van der Waals surface area (Å²) in [5.74, 6) is 5.17. The van der Waals surface area contributed by atoms with Crippen molar-refractivity contribution in [1.82, 2.24) is 0 Å². The summed E-state index contributed by atoms with van der Waals surface area (Å²) in [4.78, 5) is 17.5. The van der Waals surface area contributed by atoms with E-state index in [-0.39, 0.29) is 0 Å². The van der Waals surface area contributed by atoms with Crippen molar-refractivity contribution in [3.63, 3.8) is 0 Å². The maximum absolute atomic E-state index is 10.3. The molecule has 2 N–H and O–H groups in total. The molecule has 0 aromatic heterocycles. The van der Waals surface area contributed by atoms with E-state index in [9.17, 15) is 4.79 Å². The summed E-state index contributed by atoms with van der Waals surface area (Å²) >= 11 is 0. The standard InChI is InChI=1S/C7H14N2O2/c1-6(2)4-3-5-9-7(10)11-8/h5-6H,3-4,8H2,1-2H3/b9-5-. The first kappa shape index (κ1) is 10.1. The molecule has 4 heteroatoms. The molecule has 0 bridgehead atoms. The molecule has 0 aromatic rings. The largest absolute Gasteiger partial charge is 0.451 e. The van der Waals surface area contributed by atoms with Crippen molar-refractivity contribution in [3.05, 3.63) is 0 Å². The predicted octanol–water partition coefficient (Wildman–Crippen LogP) is 1.50. The Balaban J connectivity index is 3.37. The van der Waals surface area contributed by atoms with E-state index in [2.05, 4.69) is 29.6 Å². The van der Waals surface area contributed by atoms with Gasteiger partial charge in [-0.15, -0.1) is 0 Å². The Labute approximate surface area is 66.4 Å². The first-order chi connectivity index (χ1) is 5.16. The van der Waals surface area contributed by atoms with Gasteiger partial charge in [0.25, 0.3) is 0 Å². The zero-order valence-corrected chi connectivity index (χ0v) is 6.91. The average Bonchev–Trinajstić information content (AvgIpc) is 1.97. The highest BCUT2D eigenvalue weighted by Crippen LogP contribution is 2.00. The summed E-state index contributed by atoms with van der Waals surface area (Å²) in [6.07, 6.45) is 2.58. The molecule has 0 aliphatic rings. The van der Waals surface area contributed by atoms with Crippen LogP contribution in [0.4, 0.5) is 4.79 Å². The van der Waals surface area contributed by atoms with Gasteiger partial charge >= 0.3 is 6.09 Å². The highest BCUT2D eigenvalue weighted by molar-refractivity contribution is 5.78. The van der Waals surface area contributed by atoms with Crippen molar-refractivity contribution in [1.29, 1.82) is 0 Å². The van der Waals surface area contributed by atoms with Gasteiger partial charge in [0, 0.05) is 6.21 Å². The predicted molar refractivity (Wildman–Crippen MR) is 43.2 cm³/mol. The van der Waals surface area contributed by atoms with Crippen molar-refractivity contribution in [3.8, 4) is 0 Å². The number of carbonyl (C=O) groups is 1. The van der Waals surface area contributed by atoms with Crippen LogP contribution in [0.2, 0.25) is 0 Å². The number of carbonyl (C=O) groups excluding carboxylic acids is 1. The van der Waals surface area contributed by atoms with Gasteiger partial charge in [-0.05, 0) is 18.8 Å². The second-order valence-corrected chi connectivity index (χ2v) is 2.67. The Morgan fingerprint density at radius 1 is 1.73 bits per heavy atom. The van der Waals surface area contributed by atoms with E-state index in [1.807, 2.05) is 0 Å². The van der Waals surface area contributed by atoms with Crippen molar-refractivity contribution >= 4 is 12.3 Å². The minimum Gasteiger partial charge on any atom is -0.355 e. The molecule has 0 aliphatic heterocycles. The molecule has 4 nitrogen and oxygen atoms in total. The summed E-state index contributed by atoms with van der Waals surface area (Å²) < 4.78 is 0. The van der Waals surface area contributed by atoms with E-state index in [0.717, 1.165) is 12.8 Å². The van der Waals surface area contributed by atoms with Crippen molar-refractivity contribution < 1.29 is 9.63 Å². The van der Waals surface area contributed by atoms with Crippen LogP contribution in [-0.2, 0) is 4.84 Å². The van der Waals surface area contributed by atoms with Gasteiger partial charge in [-0.3, -0.25) is 0 Å². The highest BCUT2D eigenvalue weighted by Gasteiger charge is 1.93. The van der Waals surface area contributed by atoms with Crippen LogP contribution in [0.25, 0.3) is 0 Å². The molecule has 11 heavy (non-hydrogen) atoms. The third-order valence-electron chi connectivity index (χ3n) is 1.17. The number of aliphatic imine (C=N–C) groups is 1. The molecule has 64 valence electrons. The molecule has 0 saturated heterocycles. The summed E-state index contributed by atoms with van der Waals surface area (Å²) in [7, 11) is 0. The second-order valence-electron chi connectivity index (χ2n) is 2.67. The van der Waals surface area contributed by atoms with E-state index < -0.39 is 6.09 Å². The minimum absolute atomic E-state index is 0.621. The number of amides is 1. The number of nitrogens with zero attached hydrogens (tertiary/aromatic N) is 1. The fourth-order valence-electron chi connectivity index (χ4n) is 0.577. The monoisotopic (exact) mass is 158 g/mol. The van der Waals surface area contributed by atoms with Gasteiger partial charge < -0.3 is 4.84 Å². The average molecular weight is 158 g/mol. The Hall–Kier alpha value is -0.900.